The number of aromatic nitrogens is 1. The summed E-state index contributed by atoms with van der Waals surface area (Å²) in [5, 5.41) is 1.11. The van der Waals surface area contributed by atoms with Crippen LogP contribution in [0.5, 0.6) is 11.5 Å². The van der Waals surface area contributed by atoms with Gasteiger partial charge in [0.1, 0.15) is 6.61 Å². The Morgan fingerprint density at radius 1 is 0.978 bits per heavy atom. The van der Waals surface area contributed by atoms with E-state index in [0.29, 0.717) is 37.5 Å². The number of allylic oxidation sites excluding steroid dienone is 1. The first-order valence-electron chi connectivity index (χ1n) is 14.6. The van der Waals surface area contributed by atoms with Crippen LogP contribution in [0.2, 0.25) is 10.0 Å². The van der Waals surface area contributed by atoms with Crippen molar-refractivity contribution < 1.29 is 9.47 Å². The van der Waals surface area contributed by atoms with E-state index in [9.17, 15) is 4.79 Å². The van der Waals surface area contributed by atoms with Crippen LogP contribution in [-0.2, 0) is 13.0 Å². The Hall–Kier alpha value is -3.62. The standard InChI is InChI=1S/C36H27BrCl2N2O3S/c1-2-43-31-17-21(7-16-30(31)44-20-24-10-14-26(38)19-29(24)39)18-32-35(42)41-34(23-8-12-25(37)13-9-23)28-15-11-22-5-3-4-6-27(22)33(28)40-36(41)45-32/h3-10,12-14,16-19,34H,2,11,15,20H2,1H3/b32-18-/t34-/m1/s1. The molecule has 2 heterocycles. The molecule has 7 rings (SSSR count). The molecule has 0 saturated carbocycles. The van der Waals surface area contributed by atoms with Gasteiger partial charge in [-0.3, -0.25) is 9.36 Å². The molecular formula is C36H27BrCl2N2O3S. The molecule has 5 aromatic rings. The monoisotopic (exact) mass is 716 g/mol. The molecule has 2 aliphatic rings. The molecule has 0 bridgehead atoms. The van der Waals surface area contributed by atoms with Crippen LogP contribution in [0, 0.1) is 0 Å². The number of aryl methyl sites for hydroxylation is 1. The SMILES string of the molecule is CCOc1cc(/C=c2\sc3n(c2=O)[C@H](c2ccc(Br)cc2)C2=C(N=3)c3ccccc3CC2)ccc1OCc1ccc(Cl)cc1Cl. The van der Waals surface area contributed by atoms with Crippen molar-refractivity contribution in [1.82, 2.24) is 4.57 Å². The molecule has 9 heteroatoms. The van der Waals surface area contributed by atoms with Gasteiger partial charge < -0.3 is 9.47 Å². The molecule has 1 aliphatic heterocycles. The van der Waals surface area contributed by atoms with Crippen molar-refractivity contribution in [1.29, 1.82) is 0 Å². The first-order chi connectivity index (χ1) is 21.9. The molecule has 4 aromatic carbocycles. The van der Waals surface area contributed by atoms with E-state index in [2.05, 4.69) is 52.3 Å². The highest BCUT2D eigenvalue weighted by Crippen LogP contribution is 2.41. The van der Waals surface area contributed by atoms with Gasteiger partial charge in [0, 0.05) is 25.6 Å². The largest absolute Gasteiger partial charge is 0.490 e. The molecule has 0 saturated heterocycles. The summed E-state index contributed by atoms with van der Waals surface area (Å²) in [5.41, 5.74) is 7.25. The molecular weight excluding hydrogens is 691 g/mol. The maximum Gasteiger partial charge on any atom is 0.271 e. The lowest BCUT2D eigenvalue weighted by Gasteiger charge is -2.30. The Kier molecular flexibility index (Phi) is 8.44. The zero-order valence-corrected chi connectivity index (χ0v) is 28.1. The first-order valence-corrected chi connectivity index (χ1v) is 17.0. The smallest absolute Gasteiger partial charge is 0.271 e. The second kappa shape index (κ2) is 12.6. The quantitative estimate of drug-likeness (QED) is 0.170. The van der Waals surface area contributed by atoms with E-state index in [4.69, 9.17) is 37.7 Å². The van der Waals surface area contributed by atoms with Crippen LogP contribution in [-0.4, -0.2) is 11.2 Å². The number of rotatable bonds is 7. The molecule has 0 unspecified atom stereocenters. The average molecular weight is 718 g/mol. The number of hydrogen-bond donors (Lipinski definition) is 0. The van der Waals surface area contributed by atoms with Crippen LogP contribution < -0.4 is 24.4 Å². The first kappa shape index (κ1) is 30.1. The zero-order valence-electron chi connectivity index (χ0n) is 24.2. The van der Waals surface area contributed by atoms with E-state index in [1.165, 1.54) is 22.5 Å². The highest BCUT2D eigenvalue weighted by Gasteiger charge is 2.32. The molecule has 1 aliphatic carbocycles. The van der Waals surface area contributed by atoms with Crippen LogP contribution >= 0.6 is 50.5 Å². The predicted octanol–water partition coefficient (Wildman–Crippen LogP) is 8.37. The number of benzene rings is 4. The summed E-state index contributed by atoms with van der Waals surface area (Å²) >= 11 is 17.4. The average Bonchev–Trinajstić information content (AvgIpc) is 3.35. The molecule has 0 fully saturated rings. The Morgan fingerprint density at radius 3 is 2.60 bits per heavy atom. The molecule has 5 nitrogen and oxygen atoms in total. The number of nitrogens with zero attached hydrogens (tertiary/aromatic N) is 2. The van der Waals surface area contributed by atoms with Crippen molar-refractivity contribution in [2.75, 3.05) is 6.61 Å². The van der Waals surface area contributed by atoms with E-state index >= 15 is 0 Å². The van der Waals surface area contributed by atoms with Gasteiger partial charge in [0.15, 0.2) is 16.3 Å². The second-order valence-corrected chi connectivity index (χ2v) is 13.6. The molecule has 0 radical (unpaired) electrons. The van der Waals surface area contributed by atoms with Gasteiger partial charge in [0.05, 0.1) is 22.9 Å². The summed E-state index contributed by atoms with van der Waals surface area (Å²) < 4.78 is 15.5. The number of fused-ring (bicyclic) bond motifs is 3. The molecule has 0 spiro atoms. The minimum absolute atomic E-state index is 0.0623. The number of hydrogen-bond acceptors (Lipinski definition) is 5. The van der Waals surface area contributed by atoms with Crippen molar-refractivity contribution in [3.63, 3.8) is 0 Å². The Morgan fingerprint density at radius 2 is 1.80 bits per heavy atom. The lowest BCUT2D eigenvalue weighted by molar-refractivity contribution is 0.269. The van der Waals surface area contributed by atoms with Crippen molar-refractivity contribution >= 4 is 62.2 Å². The Labute approximate surface area is 282 Å². The summed E-state index contributed by atoms with van der Waals surface area (Å²) in [6, 6.07) is 27.5. The summed E-state index contributed by atoms with van der Waals surface area (Å²) in [4.78, 5) is 20.0. The van der Waals surface area contributed by atoms with Gasteiger partial charge in [-0.15, -0.1) is 0 Å². The van der Waals surface area contributed by atoms with Crippen LogP contribution in [0.3, 0.4) is 0 Å². The van der Waals surface area contributed by atoms with Crippen LogP contribution in [0.1, 0.15) is 47.2 Å². The third kappa shape index (κ3) is 5.90. The van der Waals surface area contributed by atoms with Crippen LogP contribution in [0.25, 0.3) is 11.8 Å². The maximum atomic E-state index is 14.2. The zero-order chi connectivity index (χ0) is 31.1. The maximum absolute atomic E-state index is 14.2. The van der Waals surface area contributed by atoms with Gasteiger partial charge in [0.2, 0.25) is 0 Å². The Balaban J connectivity index is 1.30. The van der Waals surface area contributed by atoms with Crippen LogP contribution in [0.15, 0.2) is 105 Å². The van der Waals surface area contributed by atoms with Gasteiger partial charge in [0.25, 0.3) is 5.56 Å². The number of thiazole rings is 1. The Bertz CT molecular complexity index is 2150. The van der Waals surface area contributed by atoms with Crippen molar-refractivity contribution in [3.8, 4) is 11.5 Å². The molecule has 1 atom stereocenters. The fourth-order valence-corrected chi connectivity index (χ4v) is 7.64. The normalized spacial score (nSPS) is 15.6. The predicted molar refractivity (Wildman–Crippen MR) is 185 cm³/mol. The van der Waals surface area contributed by atoms with E-state index in [-0.39, 0.29) is 18.2 Å². The molecule has 45 heavy (non-hydrogen) atoms. The molecule has 0 amide bonds. The van der Waals surface area contributed by atoms with E-state index in [1.807, 2.05) is 54.0 Å². The molecule has 1 aromatic heterocycles. The summed E-state index contributed by atoms with van der Waals surface area (Å²) in [6.07, 6.45) is 3.67. The van der Waals surface area contributed by atoms with E-state index in [0.717, 1.165) is 45.3 Å². The van der Waals surface area contributed by atoms with Crippen molar-refractivity contribution in [3.05, 3.63) is 153 Å². The summed E-state index contributed by atoms with van der Waals surface area (Å²) in [6.45, 7) is 2.65. The third-order valence-corrected chi connectivity index (χ3v) is 10.1. The van der Waals surface area contributed by atoms with Gasteiger partial charge in [-0.25, -0.2) is 4.99 Å². The highest BCUT2D eigenvalue weighted by atomic mass is 79.9. The minimum Gasteiger partial charge on any atom is -0.490 e. The van der Waals surface area contributed by atoms with Gasteiger partial charge >= 0.3 is 0 Å². The lowest BCUT2D eigenvalue weighted by Crippen LogP contribution is -2.38. The van der Waals surface area contributed by atoms with Gasteiger partial charge in [-0.05, 0) is 84.5 Å². The number of ether oxygens (including phenoxy) is 2. The number of halogens is 3. The summed E-state index contributed by atoms with van der Waals surface area (Å²) in [5.74, 6) is 1.17. The fraction of sp³-hybridized carbons (Fsp3) is 0.167. The van der Waals surface area contributed by atoms with Gasteiger partial charge in [-0.2, -0.15) is 0 Å². The van der Waals surface area contributed by atoms with Crippen molar-refractivity contribution in [2.45, 2.75) is 32.4 Å². The lowest BCUT2D eigenvalue weighted by atomic mass is 9.83. The van der Waals surface area contributed by atoms with Crippen molar-refractivity contribution in [2.24, 2.45) is 4.99 Å². The minimum atomic E-state index is -0.227. The molecule has 226 valence electrons. The van der Waals surface area contributed by atoms with Crippen LogP contribution in [0.4, 0.5) is 0 Å². The third-order valence-electron chi connectivity index (χ3n) is 8.02. The highest BCUT2D eigenvalue weighted by molar-refractivity contribution is 9.10. The fourth-order valence-electron chi connectivity index (χ4n) is 5.92. The topological polar surface area (TPSA) is 52.8 Å². The van der Waals surface area contributed by atoms with E-state index < -0.39 is 0 Å². The second-order valence-electron chi connectivity index (χ2n) is 10.8. The molecule has 0 N–H and O–H groups in total. The van der Waals surface area contributed by atoms with E-state index in [1.54, 1.807) is 12.1 Å². The van der Waals surface area contributed by atoms with Gasteiger partial charge in [-0.1, -0.05) is 99.0 Å². The summed E-state index contributed by atoms with van der Waals surface area (Å²) in [7, 11) is 0.